The summed E-state index contributed by atoms with van der Waals surface area (Å²) < 4.78 is 5.99. The number of hydrogen-bond acceptors (Lipinski definition) is 5. The average Bonchev–Trinajstić information content (AvgIpc) is 2.87. The van der Waals surface area contributed by atoms with Crippen molar-refractivity contribution >= 4 is 33.7 Å². The molecule has 1 heterocycles. The van der Waals surface area contributed by atoms with Crippen molar-refractivity contribution in [2.24, 2.45) is 0 Å². The van der Waals surface area contributed by atoms with Crippen LogP contribution >= 0.6 is 15.9 Å². The second-order valence-electron chi connectivity index (χ2n) is 7.20. The molecule has 1 amide bonds. The normalized spacial score (nSPS) is 18.2. The van der Waals surface area contributed by atoms with Gasteiger partial charge in [-0.05, 0) is 44.9 Å². The lowest BCUT2D eigenvalue weighted by Gasteiger charge is -2.22. The molecule has 0 spiro atoms. The molecule has 1 fully saturated rings. The number of anilines is 1. The van der Waals surface area contributed by atoms with Crippen molar-refractivity contribution < 1.29 is 19.4 Å². The zero-order chi connectivity index (χ0) is 18.8. The first kappa shape index (κ1) is 19.5. The van der Waals surface area contributed by atoms with Gasteiger partial charge in [-0.25, -0.2) is 9.59 Å². The zero-order valence-corrected chi connectivity index (χ0v) is 16.2. The van der Waals surface area contributed by atoms with Crippen LogP contribution in [0.1, 0.15) is 43.1 Å². The number of amides is 1. The van der Waals surface area contributed by atoms with Crippen molar-refractivity contribution in [3.8, 4) is 0 Å². The number of nitrogens with one attached hydrogen (secondary N) is 1. The molecule has 25 heavy (non-hydrogen) atoms. The number of likely N-dealkylation sites (tertiary alicyclic amines) is 1. The third-order valence-electron chi connectivity index (χ3n) is 3.84. The maximum atomic E-state index is 11.8. The summed E-state index contributed by atoms with van der Waals surface area (Å²) in [5, 5.41) is 12.0. The number of nitrogens with two attached hydrogens (primary N) is 1. The topological polar surface area (TPSA) is 105 Å². The van der Waals surface area contributed by atoms with E-state index in [9.17, 15) is 9.59 Å². The van der Waals surface area contributed by atoms with Gasteiger partial charge in [0.05, 0.1) is 5.56 Å². The van der Waals surface area contributed by atoms with E-state index in [0.717, 1.165) is 18.5 Å². The maximum Gasteiger partial charge on any atom is 0.407 e. The van der Waals surface area contributed by atoms with Gasteiger partial charge in [-0.15, -0.1) is 0 Å². The second kappa shape index (κ2) is 7.61. The van der Waals surface area contributed by atoms with Gasteiger partial charge in [0, 0.05) is 35.8 Å². The minimum atomic E-state index is -1.05. The lowest BCUT2D eigenvalue weighted by molar-refractivity contribution is 0.0505. The van der Waals surface area contributed by atoms with Crippen molar-refractivity contribution in [2.75, 3.05) is 18.8 Å². The molecule has 7 nitrogen and oxygen atoms in total. The van der Waals surface area contributed by atoms with Gasteiger partial charge in [0.2, 0.25) is 0 Å². The highest BCUT2D eigenvalue weighted by atomic mass is 79.9. The van der Waals surface area contributed by atoms with Gasteiger partial charge in [0.15, 0.2) is 0 Å². The zero-order valence-electron chi connectivity index (χ0n) is 14.6. The van der Waals surface area contributed by atoms with Crippen molar-refractivity contribution in [3.63, 3.8) is 0 Å². The van der Waals surface area contributed by atoms with E-state index in [-0.39, 0.29) is 17.3 Å². The molecular weight excluding hydrogens is 390 g/mol. The fourth-order valence-electron chi connectivity index (χ4n) is 2.75. The number of hydrogen-bond donors (Lipinski definition) is 3. The number of carbonyl (C=O) groups excluding carboxylic acids is 1. The summed E-state index contributed by atoms with van der Waals surface area (Å²) in [4.78, 5) is 25.1. The van der Waals surface area contributed by atoms with Crippen molar-refractivity contribution in [3.05, 3.63) is 27.7 Å². The minimum Gasteiger partial charge on any atom is -0.478 e. The number of halogens is 1. The highest BCUT2D eigenvalue weighted by Gasteiger charge is 2.26. The minimum absolute atomic E-state index is 0.0317. The van der Waals surface area contributed by atoms with E-state index in [1.807, 2.05) is 20.8 Å². The van der Waals surface area contributed by atoms with Crippen LogP contribution in [-0.4, -0.2) is 46.8 Å². The van der Waals surface area contributed by atoms with E-state index in [4.69, 9.17) is 15.6 Å². The molecule has 0 radical (unpaired) electrons. The van der Waals surface area contributed by atoms with Crippen LogP contribution in [0.5, 0.6) is 0 Å². The molecule has 1 aliphatic heterocycles. The number of carboxylic acids is 1. The van der Waals surface area contributed by atoms with Crippen LogP contribution in [0.3, 0.4) is 0 Å². The van der Waals surface area contributed by atoms with Crippen LogP contribution < -0.4 is 11.1 Å². The van der Waals surface area contributed by atoms with Crippen molar-refractivity contribution in [2.45, 2.75) is 45.4 Å². The summed E-state index contributed by atoms with van der Waals surface area (Å²) in [6, 6.07) is 3.24. The Hall–Kier alpha value is -1.80. The van der Waals surface area contributed by atoms with Gasteiger partial charge in [-0.3, -0.25) is 4.90 Å². The first-order chi connectivity index (χ1) is 11.5. The van der Waals surface area contributed by atoms with E-state index in [0.29, 0.717) is 17.6 Å². The lowest BCUT2D eigenvalue weighted by Crippen LogP contribution is -2.40. The largest absolute Gasteiger partial charge is 0.478 e. The quantitative estimate of drug-likeness (QED) is 0.655. The molecule has 1 atom stereocenters. The Balaban J connectivity index is 1.94. The summed E-state index contributed by atoms with van der Waals surface area (Å²) in [5.41, 5.74) is 6.55. The summed E-state index contributed by atoms with van der Waals surface area (Å²) in [7, 11) is 0. The molecule has 0 unspecified atom stereocenters. The van der Waals surface area contributed by atoms with Gasteiger partial charge in [0.1, 0.15) is 5.60 Å². The molecule has 2 rings (SSSR count). The number of carboxylic acid groups (broad SMARTS) is 1. The summed E-state index contributed by atoms with van der Waals surface area (Å²) in [5.74, 6) is -1.05. The summed E-state index contributed by atoms with van der Waals surface area (Å²) in [6.07, 6.45) is 0.426. The van der Waals surface area contributed by atoms with Crippen molar-refractivity contribution in [1.82, 2.24) is 10.2 Å². The van der Waals surface area contributed by atoms with E-state index < -0.39 is 17.7 Å². The van der Waals surface area contributed by atoms with Gasteiger partial charge in [0.25, 0.3) is 0 Å². The molecule has 1 saturated heterocycles. The standard InChI is InChI=1S/C17H24BrN3O4/c1-17(2,3)25-16(24)20-11-4-5-21(9-11)8-10-6-14(19)12(15(22)23)7-13(10)18/h6-7,11H,4-5,8-9,19H2,1-3H3,(H,20,24)(H,22,23)/t11-/m1/s1. The monoisotopic (exact) mass is 413 g/mol. The van der Waals surface area contributed by atoms with Crippen LogP contribution in [0, 0.1) is 0 Å². The molecule has 0 bridgehead atoms. The van der Waals surface area contributed by atoms with Gasteiger partial charge in [-0.1, -0.05) is 15.9 Å². The maximum absolute atomic E-state index is 11.8. The number of benzene rings is 1. The molecular formula is C17H24BrN3O4. The molecule has 0 saturated carbocycles. The molecule has 8 heteroatoms. The Morgan fingerprint density at radius 2 is 2.12 bits per heavy atom. The SMILES string of the molecule is CC(C)(C)OC(=O)N[C@@H]1CCN(Cc2cc(N)c(C(=O)O)cc2Br)C1. The number of nitrogen functional groups attached to an aromatic ring is 1. The fourth-order valence-corrected chi connectivity index (χ4v) is 3.22. The predicted octanol–water partition coefficient (Wildman–Crippen LogP) is 2.83. The molecule has 1 aromatic rings. The Labute approximate surface area is 155 Å². The van der Waals surface area contributed by atoms with E-state index in [2.05, 4.69) is 26.1 Å². The van der Waals surface area contributed by atoms with E-state index in [1.165, 1.54) is 6.07 Å². The highest BCUT2D eigenvalue weighted by molar-refractivity contribution is 9.10. The van der Waals surface area contributed by atoms with Gasteiger partial charge < -0.3 is 20.9 Å². The number of ether oxygens (including phenoxy) is 1. The molecule has 0 aromatic heterocycles. The Bertz CT molecular complexity index is 673. The first-order valence-electron chi connectivity index (χ1n) is 8.08. The van der Waals surface area contributed by atoms with Gasteiger partial charge in [-0.2, -0.15) is 0 Å². The molecule has 4 N–H and O–H groups in total. The Kier molecular flexibility index (Phi) is 5.95. The van der Waals surface area contributed by atoms with Crippen LogP contribution in [0.4, 0.5) is 10.5 Å². The fraction of sp³-hybridized carbons (Fsp3) is 0.529. The Morgan fingerprint density at radius 3 is 2.72 bits per heavy atom. The predicted molar refractivity (Wildman–Crippen MR) is 98.6 cm³/mol. The third kappa shape index (κ3) is 5.61. The number of rotatable bonds is 4. The van der Waals surface area contributed by atoms with E-state index in [1.54, 1.807) is 6.07 Å². The van der Waals surface area contributed by atoms with Gasteiger partial charge >= 0.3 is 12.1 Å². The molecule has 1 aromatic carbocycles. The smallest absolute Gasteiger partial charge is 0.407 e. The lowest BCUT2D eigenvalue weighted by atomic mass is 10.1. The van der Waals surface area contributed by atoms with Crippen LogP contribution in [0.25, 0.3) is 0 Å². The second-order valence-corrected chi connectivity index (χ2v) is 8.06. The van der Waals surface area contributed by atoms with Crippen molar-refractivity contribution in [1.29, 1.82) is 0 Å². The summed E-state index contributed by atoms with van der Waals surface area (Å²) in [6.45, 7) is 7.64. The number of nitrogens with zero attached hydrogens (tertiary/aromatic N) is 1. The highest BCUT2D eigenvalue weighted by Crippen LogP contribution is 2.26. The average molecular weight is 414 g/mol. The third-order valence-corrected chi connectivity index (χ3v) is 4.57. The van der Waals surface area contributed by atoms with Crippen LogP contribution in [-0.2, 0) is 11.3 Å². The summed E-state index contributed by atoms with van der Waals surface area (Å²) >= 11 is 3.41. The van der Waals surface area contributed by atoms with Crippen LogP contribution in [0.2, 0.25) is 0 Å². The number of aromatic carboxylic acids is 1. The molecule has 138 valence electrons. The van der Waals surface area contributed by atoms with Crippen LogP contribution in [0.15, 0.2) is 16.6 Å². The molecule has 0 aliphatic carbocycles. The molecule has 1 aliphatic rings. The Morgan fingerprint density at radius 1 is 1.44 bits per heavy atom. The number of carbonyl (C=O) groups is 2. The first-order valence-corrected chi connectivity index (χ1v) is 8.87. The van der Waals surface area contributed by atoms with E-state index >= 15 is 0 Å². The number of alkyl carbamates (subject to hydrolysis) is 1.